The molecule has 0 saturated carbocycles. The van der Waals surface area contributed by atoms with Crippen LogP contribution in [0.1, 0.15) is 5.56 Å². The van der Waals surface area contributed by atoms with Gasteiger partial charge in [-0.3, -0.25) is 0 Å². The smallest absolute Gasteiger partial charge is 0.141 e. The highest BCUT2D eigenvalue weighted by atomic mass is 35.5. The van der Waals surface area contributed by atoms with E-state index in [0.717, 1.165) is 22.2 Å². The maximum Gasteiger partial charge on any atom is 0.141 e. The van der Waals surface area contributed by atoms with E-state index in [9.17, 15) is 4.39 Å². The van der Waals surface area contributed by atoms with Gasteiger partial charge in [-0.05, 0) is 54.1 Å². The second kappa shape index (κ2) is 8.00. The first-order valence-corrected chi connectivity index (χ1v) is 9.18. The van der Waals surface area contributed by atoms with Gasteiger partial charge in [0.25, 0.3) is 0 Å². The monoisotopic (exact) mass is 413 g/mol. The summed E-state index contributed by atoms with van der Waals surface area (Å²) in [6, 6.07) is 17.0. The third-order valence-corrected chi connectivity index (χ3v) is 4.61. The van der Waals surface area contributed by atoms with Gasteiger partial charge in [0, 0.05) is 16.1 Å². The molecule has 3 aromatic carbocycles. The van der Waals surface area contributed by atoms with Crippen LogP contribution in [0.3, 0.4) is 0 Å². The number of halogens is 3. The Kier molecular flexibility index (Phi) is 5.28. The third kappa shape index (κ3) is 4.16. The lowest BCUT2D eigenvalue weighted by atomic mass is 10.2. The molecule has 4 aromatic rings. The van der Waals surface area contributed by atoms with Gasteiger partial charge in [-0.1, -0.05) is 35.3 Å². The standard InChI is InChI=1S/C21H14Cl2FN3O/c22-14-4-6-19-17(9-14)21(26-12-25-19)27-16-5-7-20(18(23)10-16)28-11-13-2-1-3-15(24)8-13/h1-10,12H,11H2,(H,25,26,27). The van der Waals surface area contributed by atoms with Crippen LogP contribution in [0, 0.1) is 5.82 Å². The molecule has 1 heterocycles. The van der Waals surface area contributed by atoms with Crippen molar-refractivity contribution in [1.29, 1.82) is 0 Å². The topological polar surface area (TPSA) is 47.0 Å². The van der Waals surface area contributed by atoms with Gasteiger partial charge in [0.05, 0.1) is 10.5 Å². The normalized spacial score (nSPS) is 10.8. The van der Waals surface area contributed by atoms with Crippen molar-refractivity contribution in [3.63, 3.8) is 0 Å². The van der Waals surface area contributed by atoms with E-state index in [1.807, 2.05) is 12.1 Å². The number of nitrogens with one attached hydrogen (secondary N) is 1. The van der Waals surface area contributed by atoms with E-state index in [1.165, 1.54) is 18.5 Å². The molecule has 0 aliphatic heterocycles. The lowest BCUT2D eigenvalue weighted by molar-refractivity contribution is 0.306. The Bertz CT molecular complexity index is 1150. The Labute approximate surface area is 170 Å². The van der Waals surface area contributed by atoms with E-state index < -0.39 is 0 Å². The number of aromatic nitrogens is 2. The average molecular weight is 414 g/mol. The summed E-state index contributed by atoms with van der Waals surface area (Å²) in [6.07, 6.45) is 1.48. The summed E-state index contributed by atoms with van der Waals surface area (Å²) in [7, 11) is 0. The summed E-state index contributed by atoms with van der Waals surface area (Å²) < 4.78 is 19.0. The Hall–Kier alpha value is -2.89. The maximum absolute atomic E-state index is 13.3. The summed E-state index contributed by atoms with van der Waals surface area (Å²) in [4.78, 5) is 8.52. The van der Waals surface area contributed by atoms with Gasteiger partial charge in [-0.15, -0.1) is 0 Å². The van der Waals surface area contributed by atoms with Crippen molar-refractivity contribution in [3.05, 3.63) is 88.4 Å². The van der Waals surface area contributed by atoms with Crippen molar-refractivity contribution in [1.82, 2.24) is 9.97 Å². The van der Waals surface area contributed by atoms with Crippen molar-refractivity contribution >= 4 is 45.6 Å². The zero-order valence-corrected chi connectivity index (χ0v) is 16.0. The summed E-state index contributed by atoms with van der Waals surface area (Å²) in [6.45, 7) is 0.222. The molecule has 1 N–H and O–H groups in total. The number of nitrogens with zero attached hydrogens (tertiary/aromatic N) is 2. The van der Waals surface area contributed by atoms with E-state index in [-0.39, 0.29) is 12.4 Å². The molecule has 0 unspecified atom stereocenters. The first kappa shape index (κ1) is 18.5. The second-order valence-electron chi connectivity index (χ2n) is 6.07. The number of ether oxygens (including phenoxy) is 1. The summed E-state index contributed by atoms with van der Waals surface area (Å²) in [5, 5.41) is 5.06. The van der Waals surface area contributed by atoms with E-state index >= 15 is 0 Å². The van der Waals surface area contributed by atoms with Crippen LogP contribution in [0.5, 0.6) is 5.75 Å². The molecular formula is C21H14Cl2FN3O. The predicted octanol–water partition coefficient (Wildman–Crippen LogP) is 6.40. The van der Waals surface area contributed by atoms with Crippen LogP contribution in [0.25, 0.3) is 10.9 Å². The highest BCUT2D eigenvalue weighted by Gasteiger charge is 2.08. The molecule has 0 fully saturated rings. The summed E-state index contributed by atoms with van der Waals surface area (Å²) >= 11 is 12.4. The van der Waals surface area contributed by atoms with Gasteiger partial charge < -0.3 is 10.1 Å². The fourth-order valence-corrected chi connectivity index (χ4v) is 3.16. The van der Waals surface area contributed by atoms with Crippen LogP contribution in [-0.4, -0.2) is 9.97 Å². The highest BCUT2D eigenvalue weighted by Crippen LogP contribution is 2.31. The van der Waals surface area contributed by atoms with Gasteiger partial charge in [0.15, 0.2) is 0 Å². The first-order valence-electron chi connectivity index (χ1n) is 8.42. The van der Waals surface area contributed by atoms with Crippen LogP contribution >= 0.6 is 23.2 Å². The van der Waals surface area contributed by atoms with Crippen molar-refractivity contribution in [2.75, 3.05) is 5.32 Å². The van der Waals surface area contributed by atoms with Gasteiger partial charge in [0.2, 0.25) is 0 Å². The zero-order chi connectivity index (χ0) is 19.5. The fraction of sp³-hybridized carbons (Fsp3) is 0.0476. The van der Waals surface area contributed by atoms with Crippen LogP contribution < -0.4 is 10.1 Å². The Morgan fingerprint density at radius 2 is 1.86 bits per heavy atom. The molecule has 7 heteroatoms. The molecule has 0 bridgehead atoms. The van der Waals surface area contributed by atoms with E-state index in [2.05, 4.69) is 15.3 Å². The lowest BCUT2D eigenvalue weighted by Crippen LogP contribution is -1.98. The van der Waals surface area contributed by atoms with Crippen LogP contribution in [0.2, 0.25) is 10.0 Å². The van der Waals surface area contributed by atoms with Crippen LogP contribution in [-0.2, 0) is 6.61 Å². The second-order valence-corrected chi connectivity index (χ2v) is 6.92. The maximum atomic E-state index is 13.3. The van der Waals surface area contributed by atoms with Crippen LogP contribution in [0.4, 0.5) is 15.9 Å². The Morgan fingerprint density at radius 3 is 2.68 bits per heavy atom. The SMILES string of the molecule is Fc1cccc(COc2ccc(Nc3ncnc4ccc(Cl)cc34)cc2Cl)c1. The van der Waals surface area contributed by atoms with Crippen molar-refractivity contribution < 1.29 is 9.13 Å². The van der Waals surface area contributed by atoms with E-state index in [1.54, 1.807) is 36.4 Å². The highest BCUT2D eigenvalue weighted by molar-refractivity contribution is 6.32. The van der Waals surface area contributed by atoms with E-state index in [4.69, 9.17) is 27.9 Å². The minimum atomic E-state index is -0.302. The molecule has 28 heavy (non-hydrogen) atoms. The first-order chi connectivity index (χ1) is 13.6. The largest absolute Gasteiger partial charge is 0.487 e. The quantitative estimate of drug-likeness (QED) is 0.411. The number of fused-ring (bicyclic) bond motifs is 1. The molecule has 0 amide bonds. The molecule has 1 aromatic heterocycles. The zero-order valence-electron chi connectivity index (χ0n) is 14.5. The molecule has 140 valence electrons. The average Bonchev–Trinajstić information content (AvgIpc) is 2.68. The molecule has 4 rings (SSSR count). The Balaban J connectivity index is 1.53. The van der Waals surface area contributed by atoms with Gasteiger partial charge in [-0.2, -0.15) is 0 Å². The third-order valence-electron chi connectivity index (χ3n) is 4.08. The van der Waals surface area contributed by atoms with Crippen molar-refractivity contribution in [2.24, 2.45) is 0 Å². The number of benzene rings is 3. The summed E-state index contributed by atoms with van der Waals surface area (Å²) in [5.41, 5.74) is 2.24. The van der Waals surface area contributed by atoms with Crippen LogP contribution in [0.15, 0.2) is 67.0 Å². The predicted molar refractivity (Wildman–Crippen MR) is 110 cm³/mol. The molecule has 0 radical (unpaired) electrons. The molecule has 0 aliphatic rings. The van der Waals surface area contributed by atoms with Gasteiger partial charge in [-0.25, -0.2) is 14.4 Å². The minimum absolute atomic E-state index is 0.222. The number of anilines is 2. The molecule has 4 nitrogen and oxygen atoms in total. The van der Waals surface area contributed by atoms with Crippen molar-refractivity contribution in [3.8, 4) is 5.75 Å². The van der Waals surface area contributed by atoms with Gasteiger partial charge >= 0.3 is 0 Å². The van der Waals surface area contributed by atoms with Crippen molar-refractivity contribution in [2.45, 2.75) is 6.61 Å². The van der Waals surface area contributed by atoms with Gasteiger partial charge in [0.1, 0.15) is 30.3 Å². The van der Waals surface area contributed by atoms with E-state index in [0.29, 0.717) is 21.6 Å². The lowest BCUT2D eigenvalue weighted by Gasteiger charge is -2.12. The molecular weight excluding hydrogens is 400 g/mol. The number of rotatable bonds is 5. The minimum Gasteiger partial charge on any atom is -0.487 e. The molecule has 0 spiro atoms. The number of hydrogen-bond acceptors (Lipinski definition) is 4. The summed E-state index contributed by atoms with van der Waals surface area (Å²) in [5.74, 6) is 0.827. The Morgan fingerprint density at radius 1 is 0.964 bits per heavy atom. The number of hydrogen-bond donors (Lipinski definition) is 1. The fourth-order valence-electron chi connectivity index (χ4n) is 2.75. The molecule has 0 aliphatic carbocycles. The molecule has 0 atom stereocenters. The molecule has 0 saturated heterocycles.